The van der Waals surface area contributed by atoms with Crippen LogP contribution in [0, 0.1) is 0 Å². The molecule has 0 aliphatic heterocycles. The second-order valence-corrected chi connectivity index (χ2v) is 4.26. The zero-order valence-electron chi connectivity index (χ0n) is 7.75. The van der Waals surface area contributed by atoms with Gasteiger partial charge in [0.1, 0.15) is 0 Å². The average Bonchev–Trinajstić information content (AvgIpc) is 2.15. The molecular formula is C8H9ClO5S. The van der Waals surface area contributed by atoms with E-state index in [9.17, 15) is 4.79 Å². The van der Waals surface area contributed by atoms with Crippen molar-refractivity contribution in [3.63, 3.8) is 0 Å². The number of methoxy groups -OCH3 is 1. The van der Waals surface area contributed by atoms with Gasteiger partial charge in [-0.1, -0.05) is 18.2 Å². The highest BCUT2D eigenvalue weighted by molar-refractivity contribution is 8.09. The van der Waals surface area contributed by atoms with Crippen molar-refractivity contribution in [3.8, 4) is 0 Å². The van der Waals surface area contributed by atoms with E-state index in [2.05, 4.69) is 15.4 Å². The van der Waals surface area contributed by atoms with Gasteiger partial charge in [0.05, 0.1) is 12.7 Å². The molecule has 0 heterocycles. The molecule has 0 amide bonds. The van der Waals surface area contributed by atoms with Crippen molar-refractivity contribution in [2.45, 2.75) is 0 Å². The molecule has 0 bridgehead atoms. The van der Waals surface area contributed by atoms with Gasteiger partial charge in [-0.2, -0.15) is 8.42 Å². The van der Waals surface area contributed by atoms with E-state index in [1.165, 1.54) is 7.11 Å². The molecule has 0 radical (unpaired) electrons. The highest BCUT2D eigenvalue weighted by Gasteiger charge is 2.00. The maximum Gasteiger partial charge on any atom is 0.353 e. The summed E-state index contributed by atoms with van der Waals surface area (Å²) in [5, 5.41) is 0. The molecule has 0 atom stereocenters. The Balaban J connectivity index is 0.000000336. The summed E-state index contributed by atoms with van der Waals surface area (Å²) in [5.41, 5.74) is 0.588. The van der Waals surface area contributed by atoms with E-state index < -0.39 is 9.33 Å². The molecule has 0 saturated heterocycles. The molecule has 0 aliphatic carbocycles. The van der Waals surface area contributed by atoms with Crippen LogP contribution in [-0.2, 0) is 14.1 Å². The first-order chi connectivity index (χ1) is 6.84. The number of carbonyl (C=O) groups is 1. The number of rotatable bonds is 1. The Kier molecular flexibility index (Phi) is 5.92. The smallest absolute Gasteiger partial charge is 0.353 e. The summed E-state index contributed by atoms with van der Waals surface area (Å²) in [7, 11) is 1.23. The Morgan fingerprint density at radius 3 is 2.07 bits per heavy atom. The van der Waals surface area contributed by atoms with E-state index >= 15 is 0 Å². The normalized spacial score (nSPS) is 9.80. The van der Waals surface area contributed by atoms with Crippen LogP contribution < -0.4 is 0 Å². The summed E-state index contributed by atoms with van der Waals surface area (Å²) in [5.74, 6) is -0.291. The molecule has 0 unspecified atom stereocenters. The predicted molar refractivity (Wildman–Crippen MR) is 55.2 cm³/mol. The summed E-state index contributed by atoms with van der Waals surface area (Å²) >= 11 is 0. The molecular weight excluding hydrogens is 244 g/mol. The fourth-order valence-electron chi connectivity index (χ4n) is 0.692. The van der Waals surface area contributed by atoms with Crippen LogP contribution in [0.15, 0.2) is 30.3 Å². The zero-order chi connectivity index (χ0) is 11.9. The molecule has 1 N–H and O–H groups in total. The molecule has 5 nitrogen and oxygen atoms in total. The van der Waals surface area contributed by atoms with Crippen molar-refractivity contribution < 1.29 is 22.5 Å². The molecule has 1 aromatic carbocycles. The summed E-state index contributed by atoms with van der Waals surface area (Å²) in [6.45, 7) is 0. The van der Waals surface area contributed by atoms with E-state index in [1.807, 2.05) is 6.07 Å². The van der Waals surface area contributed by atoms with Crippen LogP contribution in [0.1, 0.15) is 10.4 Å². The molecule has 0 spiro atoms. The van der Waals surface area contributed by atoms with Gasteiger partial charge >= 0.3 is 15.3 Å². The molecule has 0 fully saturated rings. The third-order valence-corrected chi connectivity index (χ3v) is 1.19. The monoisotopic (exact) mass is 252 g/mol. The number of ether oxygens (including phenoxy) is 1. The topological polar surface area (TPSA) is 80.7 Å². The molecule has 0 aromatic heterocycles. The largest absolute Gasteiger partial charge is 0.465 e. The number of carbonyl (C=O) groups excluding carboxylic acids is 1. The van der Waals surface area contributed by atoms with Gasteiger partial charge in [-0.05, 0) is 12.1 Å². The van der Waals surface area contributed by atoms with Crippen molar-refractivity contribution in [1.29, 1.82) is 0 Å². The van der Waals surface area contributed by atoms with Gasteiger partial charge < -0.3 is 4.74 Å². The maximum absolute atomic E-state index is 10.8. The lowest BCUT2D eigenvalue weighted by Gasteiger charge is -1.95. The van der Waals surface area contributed by atoms with Gasteiger partial charge in [-0.3, -0.25) is 4.55 Å². The van der Waals surface area contributed by atoms with Crippen LogP contribution in [0.5, 0.6) is 0 Å². The Bertz CT molecular complexity index is 392. The lowest BCUT2D eigenvalue weighted by Crippen LogP contribution is -1.99. The number of benzene rings is 1. The lowest BCUT2D eigenvalue weighted by molar-refractivity contribution is 0.0600. The minimum absolute atomic E-state index is 0.291. The number of esters is 1. The van der Waals surface area contributed by atoms with Gasteiger partial charge in [0.15, 0.2) is 0 Å². The fourth-order valence-corrected chi connectivity index (χ4v) is 0.692. The minimum atomic E-state index is -4.19. The zero-order valence-corrected chi connectivity index (χ0v) is 9.33. The van der Waals surface area contributed by atoms with Crippen molar-refractivity contribution in [3.05, 3.63) is 35.9 Å². The summed E-state index contributed by atoms with van der Waals surface area (Å²) in [4.78, 5) is 10.8. The predicted octanol–water partition coefficient (Wildman–Crippen LogP) is 1.50. The Labute approximate surface area is 91.9 Å². The lowest BCUT2D eigenvalue weighted by atomic mass is 10.2. The Morgan fingerprint density at radius 2 is 1.73 bits per heavy atom. The van der Waals surface area contributed by atoms with Crippen LogP contribution in [-0.4, -0.2) is 26.0 Å². The van der Waals surface area contributed by atoms with Crippen molar-refractivity contribution >= 4 is 26.0 Å². The second-order valence-electron chi connectivity index (χ2n) is 2.27. The third-order valence-electron chi connectivity index (χ3n) is 1.19. The minimum Gasteiger partial charge on any atom is -0.465 e. The number of hydrogen-bond acceptors (Lipinski definition) is 4. The fraction of sp³-hybridized carbons (Fsp3) is 0.125. The van der Waals surface area contributed by atoms with Crippen molar-refractivity contribution in [2.24, 2.45) is 0 Å². The quantitative estimate of drug-likeness (QED) is 0.465. The van der Waals surface area contributed by atoms with Crippen molar-refractivity contribution in [2.75, 3.05) is 7.11 Å². The summed E-state index contributed by atoms with van der Waals surface area (Å²) in [6, 6.07) is 8.88. The van der Waals surface area contributed by atoms with Crippen LogP contribution in [0.4, 0.5) is 0 Å². The van der Waals surface area contributed by atoms with Crippen LogP contribution >= 0.6 is 10.7 Å². The second kappa shape index (κ2) is 6.39. The first kappa shape index (κ1) is 13.9. The van der Waals surface area contributed by atoms with Gasteiger partial charge in [0.2, 0.25) is 0 Å². The van der Waals surface area contributed by atoms with E-state index in [0.717, 1.165) is 0 Å². The molecule has 0 saturated carbocycles. The third kappa shape index (κ3) is 9.20. The SMILES string of the molecule is COC(=O)c1ccccc1.O=S(=O)(O)Cl. The van der Waals surface area contributed by atoms with E-state index in [0.29, 0.717) is 5.56 Å². The Hall–Kier alpha value is -1.11. The van der Waals surface area contributed by atoms with Gasteiger partial charge in [-0.25, -0.2) is 4.79 Å². The van der Waals surface area contributed by atoms with Crippen molar-refractivity contribution in [1.82, 2.24) is 0 Å². The summed E-state index contributed by atoms with van der Waals surface area (Å²) in [6.07, 6.45) is 0. The molecule has 0 aliphatic rings. The van der Waals surface area contributed by atoms with E-state index in [1.54, 1.807) is 24.3 Å². The standard InChI is InChI=1S/C8H8O2.ClHO3S/c1-10-8(9)7-5-3-2-4-6-7;1-5(2,3)4/h2-6H,1H3;(H,2,3,4). The molecule has 7 heteroatoms. The average molecular weight is 253 g/mol. The molecule has 15 heavy (non-hydrogen) atoms. The van der Waals surface area contributed by atoms with E-state index in [-0.39, 0.29) is 5.97 Å². The summed E-state index contributed by atoms with van der Waals surface area (Å²) < 4.78 is 29.7. The van der Waals surface area contributed by atoms with Crippen LogP contribution in [0.25, 0.3) is 0 Å². The van der Waals surface area contributed by atoms with Gasteiger partial charge in [0, 0.05) is 10.7 Å². The van der Waals surface area contributed by atoms with Gasteiger partial charge in [0.25, 0.3) is 0 Å². The molecule has 1 rings (SSSR count). The number of halogens is 1. The van der Waals surface area contributed by atoms with Gasteiger partial charge in [-0.15, -0.1) is 0 Å². The highest BCUT2D eigenvalue weighted by Crippen LogP contribution is 1.98. The Morgan fingerprint density at radius 1 is 1.33 bits per heavy atom. The van der Waals surface area contributed by atoms with E-state index in [4.69, 9.17) is 13.0 Å². The van der Waals surface area contributed by atoms with Crippen LogP contribution in [0.2, 0.25) is 0 Å². The molecule has 1 aromatic rings. The maximum atomic E-state index is 10.8. The number of hydrogen-bond donors (Lipinski definition) is 1. The van der Waals surface area contributed by atoms with Crippen LogP contribution in [0.3, 0.4) is 0 Å². The first-order valence-corrected chi connectivity index (χ1v) is 5.91. The first-order valence-electron chi connectivity index (χ1n) is 3.65. The highest BCUT2D eigenvalue weighted by atomic mass is 35.7. The molecule has 84 valence electrons.